The van der Waals surface area contributed by atoms with Gasteiger partial charge in [-0.1, -0.05) is 60.0 Å². The molecule has 0 aliphatic carbocycles. The van der Waals surface area contributed by atoms with Crippen molar-refractivity contribution in [3.63, 3.8) is 0 Å². The monoisotopic (exact) mass is 448 g/mol. The number of carbonyl (C=O) groups excluding carboxylic acids is 2. The number of carbonyl (C=O) groups is 2. The Morgan fingerprint density at radius 1 is 1.03 bits per heavy atom. The van der Waals surface area contributed by atoms with Crippen LogP contribution < -0.4 is 5.32 Å². The Morgan fingerprint density at radius 3 is 2.37 bits per heavy atom. The predicted octanol–water partition coefficient (Wildman–Crippen LogP) is 5.48. The maximum absolute atomic E-state index is 13.3. The number of hydrogen-bond donors (Lipinski definition) is 1. The lowest BCUT2D eigenvalue weighted by molar-refractivity contribution is -0.140. The number of hydrogen-bond acceptors (Lipinski definition) is 2. The van der Waals surface area contributed by atoms with Gasteiger partial charge in [-0.3, -0.25) is 9.59 Å². The number of nitrogens with one attached hydrogen (secondary N) is 1. The largest absolute Gasteiger partial charge is 0.352 e. The van der Waals surface area contributed by atoms with Gasteiger partial charge in [0.25, 0.3) is 0 Å². The van der Waals surface area contributed by atoms with E-state index < -0.39 is 6.04 Å². The van der Waals surface area contributed by atoms with E-state index in [1.54, 1.807) is 24.0 Å². The summed E-state index contributed by atoms with van der Waals surface area (Å²) in [6.07, 6.45) is 1.05. The summed E-state index contributed by atoms with van der Waals surface area (Å²) in [5, 5.41) is 3.85. The molecule has 0 radical (unpaired) electrons. The minimum absolute atomic E-state index is 0.0425. The molecule has 30 heavy (non-hydrogen) atoms. The molecule has 0 spiro atoms. The summed E-state index contributed by atoms with van der Waals surface area (Å²) in [6.45, 7) is 9.99. The number of rotatable bonds is 8. The van der Waals surface area contributed by atoms with Crippen LogP contribution >= 0.6 is 23.2 Å². The SMILES string of the molecule is CC[C@H](C)NC(=O)[C@@H](C)N(Cc1ccc(Cl)c(Cl)c1)C(=O)Cc1cc(C)ccc1C. The zero-order chi connectivity index (χ0) is 22.4. The molecule has 2 aromatic rings. The summed E-state index contributed by atoms with van der Waals surface area (Å²) in [5.74, 6) is -0.278. The number of amides is 2. The number of halogens is 2. The summed E-state index contributed by atoms with van der Waals surface area (Å²) in [4.78, 5) is 27.7. The van der Waals surface area contributed by atoms with Crippen LogP contribution in [0.4, 0.5) is 0 Å². The number of benzene rings is 2. The fourth-order valence-corrected chi connectivity index (χ4v) is 3.46. The lowest BCUT2D eigenvalue weighted by atomic mass is 10.0. The molecule has 0 saturated heterocycles. The highest BCUT2D eigenvalue weighted by Crippen LogP contribution is 2.24. The zero-order valence-corrected chi connectivity index (χ0v) is 19.8. The number of aryl methyl sites for hydroxylation is 2. The summed E-state index contributed by atoms with van der Waals surface area (Å²) in [6, 6.07) is 10.8. The molecule has 1 N–H and O–H groups in total. The van der Waals surface area contributed by atoms with E-state index in [-0.39, 0.29) is 30.8 Å². The third kappa shape index (κ3) is 6.48. The van der Waals surface area contributed by atoms with Gasteiger partial charge < -0.3 is 10.2 Å². The quantitative estimate of drug-likeness (QED) is 0.580. The molecule has 162 valence electrons. The fourth-order valence-electron chi connectivity index (χ4n) is 3.14. The molecule has 0 aliphatic rings. The molecule has 0 aliphatic heterocycles. The molecule has 6 heteroatoms. The van der Waals surface area contributed by atoms with E-state index in [1.165, 1.54) is 0 Å². The molecule has 0 saturated carbocycles. The van der Waals surface area contributed by atoms with E-state index in [1.807, 2.05) is 52.0 Å². The average molecular weight is 449 g/mol. The summed E-state index contributed by atoms with van der Waals surface area (Å²) >= 11 is 12.2. The van der Waals surface area contributed by atoms with E-state index >= 15 is 0 Å². The normalized spacial score (nSPS) is 12.9. The molecule has 4 nitrogen and oxygen atoms in total. The first-order chi connectivity index (χ1) is 14.1. The Kier molecular flexibility index (Phi) is 8.75. The molecule has 2 rings (SSSR count). The topological polar surface area (TPSA) is 49.4 Å². The van der Waals surface area contributed by atoms with Crippen LogP contribution in [0.15, 0.2) is 36.4 Å². The Balaban J connectivity index is 2.30. The highest BCUT2D eigenvalue weighted by Gasteiger charge is 2.27. The fraction of sp³-hybridized carbons (Fsp3) is 0.417. The highest BCUT2D eigenvalue weighted by molar-refractivity contribution is 6.42. The zero-order valence-electron chi connectivity index (χ0n) is 18.3. The summed E-state index contributed by atoms with van der Waals surface area (Å²) in [5.41, 5.74) is 3.94. The van der Waals surface area contributed by atoms with Crippen molar-refractivity contribution in [1.29, 1.82) is 0 Å². The Hall–Kier alpha value is -2.04. The third-order valence-corrected chi connectivity index (χ3v) is 6.09. The highest BCUT2D eigenvalue weighted by atomic mass is 35.5. The van der Waals surface area contributed by atoms with Crippen molar-refractivity contribution in [2.45, 2.75) is 66.1 Å². The lowest BCUT2D eigenvalue weighted by Crippen LogP contribution is -2.49. The summed E-state index contributed by atoms with van der Waals surface area (Å²) < 4.78 is 0. The van der Waals surface area contributed by atoms with Gasteiger partial charge in [0.1, 0.15) is 6.04 Å². The minimum atomic E-state index is -0.619. The smallest absolute Gasteiger partial charge is 0.242 e. The molecule has 0 fully saturated rings. The van der Waals surface area contributed by atoms with Gasteiger partial charge in [-0.15, -0.1) is 0 Å². The molecule has 2 aromatic carbocycles. The van der Waals surface area contributed by atoms with Gasteiger partial charge >= 0.3 is 0 Å². The second-order valence-electron chi connectivity index (χ2n) is 7.87. The molecule has 0 bridgehead atoms. The molecular weight excluding hydrogens is 419 g/mol. The van der Waals surface area contributed by atoms with Crippen molar-refractivity contribution in [2.75, 3.05) is 0 Å². The van der Waals surface area contributed by atoms with Crippen LogP contribution in [0.5, 0.6) is 0 Å². The lowest BCUT2D eigenvalue weighted by Gasteiger charge is -2.30. The molecule has 0 unspecified atom stereocenters. The van der Waals surface area contributed by atoms with Gasteiger partial charge in [0.2, 0.25) is 11.8 Å². The molecule has 0 aromatic heterocycles. The molecule has 2 atom stereocenters. The standard InChI is InChI=1S/C24H30Cl2N2O2/c1-6-17(4)27-24(30)18(5)28(14-19-9-10-21(25)22(26)12-19)23(29)13-20-11-15(2)7-8-16(20)3/h7-12,17-18H,6,13-14H2,1-5H3,(H,27,30)/t17-,18+/m0/s1. The van der Waals surface area contributed by atoms with Crippen molar-refractivity contribution in [3.05, 3.63) is 68.7 Å². The van der Waals surface area contributed by atoms with Crippen LogP contribution in [-0.4, -0.2) is 28.8 Å². The van der Waals surface area contributed by atoms with Gasteiger partial charge in [-0.05, 0) is 62.9 Å². The molecular formula is C24H30Cl2N2O2. The van der Waals surface area contributed by atoms with E-state index in [9.17, 15) is 9.59 Å². The second-order valence-corrected chi connectivity index (χ2v) is 8.69. The van der Waals surface area contributed by atoms with E-state index in [0.717, 1.165) is 28.7 Å². The minimum Gasteiger partial charge on any atom is -0.352 e. The van der Waals surface area contributed by atoms with Crippen molar-refractivity contribution >= 4 is 35.0 Å². The first-order valence-corrected chi connectivity index (χ1v) is 11.0. The molecule has 2 amide bonds. The van der Waals surface area contributed by atoms with E-state index in [0.29, 0.717) is 10.0 Å². The van der Waals surface area contributed by atoms with Gasteiger partial charge in [0, 0.05) is 12.6 Å². The van der Waals surface area contributed by atoms with Gasteiger partial charge in [-0.2, -0.15) is 0 Å². The predicted molar refractivity (Wildman–Crippen MR) is 124 cm³/mol. The summed E-state index contributed by atoms with van der Waals surface area (Å²) in [7, 11) is 0. The first kappa shape index (κ1) is 24.2. The van der Waals surface area contributed by atoms with E-state index in [4.69, 9.17) is 23.2 Å². The van der Waals surface area contributed by atoms with Crippen molar-refractivity contribution in [3.8, 4) is 0 Å². The van der Waals surface area contributed by atoms with Gasteiger partial charge in [-0.25, -0.2) is 0 Å². The van der Waals surface area contributed by atoms with Crippen LogP contribution in [-0.2, 0) is 22.6 Å². The Labute approximate surface area is 189 Å². The molecule has 0 heterocycles. The maximum Gasteiger partial charge on any atom is 0.242 e. The van der Waals surface area contributed by atoms with Gasteiger partial charge in [0.15, 0.2) is 0 Å². The van der Waals surface area contributed by atoms with Gasteiger partial charge in [0.05, 0.1) is 16.5 Å². The van der Waals surface area contributed by atoms with Crippen LogP contribution in [0.1, 0.15) is 49.4 Å². The van der Waals surface area contributed by atoms with Crippen molar-refractivity contribution in [2.24, 2.45) is 0 Å². The first-order valence-electron chi connectivity index (χ1n) is 10.2. The van der Waals surface area contributed by atoms with Crippen molar-refractivity contribution < 1.29 is 9.59 Å². The van der Waals surface area contributed by atoms with Crippen molar-refractivity contribution in [1.82, 2.24) is 10.2 Å². The maximum atomic E-state index is 13.3. The third-order valence-electron chi connectivity index (χ3n) is 5.35. The Bertz CT molecular complexity index is 914. The van der Waals surface area contributed by atoms with Crippen LogP contribution in [0, 0.1) is 13.8 Å². The number of nitrogens with zero attached hydrogens (tertiary/aromatic N) is 1. The average Bonchev–Trinajstić information content (AvgIpc) is 2.70. The second kappa shape index (κ2) is 10.8. The Morgan fingerprint density at radius 2 is 1.73 bits per heavy atom. The van der Waals surface area contributed by atoms with Crippen LogP contribution in [0.2, 0.25) is 10.0 Å². The van der Waals surface area contributed by atoms with Crippen LogP contribution in [0.25, 0.3) is 0 Å². The van der Waals surface area contributed by atoms with Crippen LogP contribution in [0.3, 0.4) is 0 Å². The van der Waals surface area contributed by atoms with E-state index in [2.05, 4.69) is 5.32 Å².